The second-order valence-electron chi connectivity index (χ2n) is 4.94. The Labute approximate surface area is 131 Å². The van der Waals surface area contributed by atoms with Crippen LogP contribution in [0.5, 0.6) is 5.75 Å². The van der Waals surface area contributed by atoms with Crippen molar-refractivity contribution < 1.29 is 19.1 Å². The van der Waals surface area contributed by atoms with E-state index < -0.39 is 5.97 Å². The Morgan fingerprint density at radius 2 is 2.35 bits per heavy atom. The van der Waals surface area contributed by atoms with Crippen LogP contribution < -0.4 is 10.1 Å². The summed E-state index contributed by atoms with van der Waals surface area (Å²) in [6, 6.07) is 4.70. The van der Waals surface area contributed by atoms with Gasteiger partial charge in [-0.05, 0) is 35.0 Å². The van der Waals surface area contributed by atoms with Gasteiger partial charge < -0.3 is 14.8 Å². The van der Waals surface area contributed by atoms with E-state index in [0.29, 0.717) is 29.4 Å². The molecular weight excluding hydrogens is 302 g/mol. The number of fused-ring (bicyclic) bond motifs is 1. The second kappa shape index (κ2) is 6.42. The molecule has 120 valence electrons. The van der Waals surface area contributed by atoms with Gasteiger partial charge >= 0.3 is 5.97 Å². The van der Waals surface area contributed by atoms with Gasteiger partial charge in [0.05, 0.1) is 11.3 Å². The summed E-state index contributed by atoms with van der Waals surface area (Å²) >= 11 is 0. The number of amides is 1. The zero-order valence-corrected chi connectivity index (χ0v) is 12.5. The number of nitrogens with one attached hydrogen (secondary N) is 1. The third-order valence-corrected chi connectivity index (χ3v) is 3.22. The number of esters is 1. The average molecular weight is 317 g/mol. The lowest BCUT2D eigenvalue weighted by atomic mass is 10.1. The lowest BCUT2D eigenvalue weighted by Gasteiger charge is -2.18. The molecule has 2 aromatic rings. The molecule has 0 saturated heterocycles. The van der Waals surface area contributed by atoms with Crippen molar-refractivity contribution in [3.05, 3.63) is 29.6 Å². The Morgan fingerprint density at radius 1 is 1.48 bits per heavy atom. The predicted molar refractivity (Wildman–Crippen MR) is 77.8 cm³/mol. The summed E-state index contributed by atoms with van der Waals surface area (Å²) < 4.78 is 12.1. The molecule has 1 N–H and O–H groups in total. The topological polar surface area (TPSA) is 108 Å². The number of hydrogen-bond acceptors (Lipinski definition) is 7. The lowest BCUT2D eigenvalue weighted by molar-refractivity contribution is -0.118. The van der Waals surface area contributed by atoms with Crippen molar-refractivity contribution >= 4 is 17.6 Å². The first-order chi connectivity index (χ1) is 11.2. The maximum absolute atomic E-state index is 12.1. The summed E-state index contributed by atoms with van der Waals surface area (Å²) in [5.41, 5.74) is 0.860. The molecule has 1 aliphatic heterocycles. The smallest absolute Gasteiger partial charge is 0.338 e. The number of anilines is 1. The summed E-state index contributed by atoms with van der Waals surface area (Å²) in [5.74, 6) is 0.187. The average Bonchev–Trinajstić information content (AvgIpc) is 2.99. The van der Waals surface area contributed by atoms with Crippen LogP contribution >= 0.6 is 0 Å². The Bertz CT molecular complexity index is 743. The standard InChI is InChI=1S/C14H15N5O4/c1-2-5-19-12(16-17-18-19)7-23-14(21)9-3-4-10-11(6-9)22-8-13(20)15-10/h3-4,6H,2,5,7-8H2,1H3,(H,15,20). The van der Waals surface area contributed by atoms with E-state index in [4.69, 9.17) is 9.47 Å². The minimum absolute atomic E-state index is 0.0134. The summed E-state index contributed by atoms with van der Waals surface area (Å²) in [5, 5.41) is 13.9. The molecule has 1 aliphatic rings. The molecule has 1 amide bonds. The third kappa shape index (κ3) is 3.28. The van der Waals surface area contributed by atoms with Crippen molar-refractivity contribution in [2.45, 2.75) is 26.5 Å². The van der Waals surface area contributed by atoms with Crippen molar-refractivity contribution in [3.63, 3.8) is 0 Å². The zero-order valence-electron chi connectivity index (χ0n) is 12.5. The molecule has 0 fully saturated rings. The monoisotopic (exact) mass is 317 g/mol. The van der Waals surface area contributed by atoms with Crippen LogP contribution in [-0.2, 0) is 22.7 Å². The normalized spacial score (nSPS) is 13.0. The Balaban J connectivity index is 1.66. The highest BCUT2D eigenvalue weighted by Crippen LogP contribution is 2.28. The molecule has 9 nitrogen and oxygen atoms in total. The highest BCUT2D eigenvalue weighted by Gasteiger charge is 2.19. The van der Waals surface area contributed by atoms with Crippen molar-refractivity contribution in [2.75, 3.05) is 11.9 Å². The SMILES string of the molecule is CCCn1nnnc1COC(=O)c1ccc2c(c1)OCC(=O)N2. The van der Waals surface area contributed by atoms with E-state index in [1.807, 2.05) is 6.92 Å². The Morgan fingerprint density at radius 3 is 3.17 bits per heavy atom. The van der Waals surface area contributed by atoms with Crippen LogP contribution in [-0.4, -0.2) is 38.7 Å². The number of rotatable bonds is 5. The fraction of sp³-hybridized carbons (Fsp3) is 0.357. The number of carbonyl (C=O) groups excluding carboxylic acids is 2. The van der Waals surface area contributed by atoms with Crippen LogP contribution in [0.3, 0.4) is 0 Å². The number of aromatic nitrogens is 4. The number of nitrogens with zero attached hydrogens (tertiary/aromatic N) is 4. The number of carbonyl (C=O) groups is 2. The molecule has 0 radical (unpaired) electrons. The minimum atomic E-state index is -0.514. The van der Waals surface area contributed by atoms with Crippen molar-refractivity contribution in [3.8, 4) is 5.75 Å². The molecule has 0 atom stereocenters. The van der Waals surface area contributed by atoms with Gasteiger partial charge in [0, 0.05) is 6.54 Å². The number of aryl methyl sites for hydroxylation is 1. The molecule has 0 saturated carbocycles. The highest BCUT2D eigenvalue weighted by atomic mass is 16.5. The molecule has 0 bridgehead atoms. The van der Waals surface area contributed by atoms with E-state index in [2.05, 4.69) is 20.8 Å². The highest BCUT2D eigenvalue weighted by molar-refractivity contribution is 5.97. The van der Waals surface area contributed by atoms with Gasteiger partial charge in [-0.25, -0.2) is 9.48 Å². The van der Waals surface area contributed by atoms with Gasteiger partial charge in [0.2, 0.25) is 0 Å². The first-order valence-corrected chi connectivity index (χ1v) is 7.16. The van der Waals surface area contributed by atoms with E-state index in [1.54, 1.807) is 16.8 Å². The van der Waals surface area contributed by atoms with Gasteiger partial charge in [0.15, 0.2) is 19.0 Å². The fourth-order valence-electron chi connectivity index (χ4n) is 2.13. The minimum Gasteiger partial charge on any atom is -0.482 e. The van der Waals surface area contributed by atoms with Gasteiger partial charge in [-0.2, -0.15) is 0 Å². The molecule has 0 unspecified atom stereocenters. The third-order valence-electron chi connectivity index (χ3n) is 3.22. The van der Waals surface area contributed by atoms with Crippen LogP contribution in [0.1, 0.15) is 29.5 Å². The maximum Gasteiger partial charge on any atom is 0.338 e. The molecule has 1 aromatic carbocycles. The van der Waals surface area contributed by atoms with E-state index in [9.17, 15) is 9.59 Å². The van der Waals surface area contributed by atoms with Gasteiger partial charge in [-0.15, -0.1) is 5.10 Å². The fourth-order valence-corrected chi connectivity index (χ4v) is 2.13. The lowest BCUT2D eigenvalue weighted by Crippen LogP contribution is -2.25. The van der Waals surface area contributed by atoms with Crippen molar-refractivity contribution in [2.24, 2.45) is 0 Å². The molecular formula is C14H15N5O4. The predicted octanol–water partition coefficient (Wildman–Crippen LogP) is 0.771. The summed E-state index contributed by atoms with van der Waals surface area (Å²) in [6.07, 6.45) is 0.875. The van der Waals surface area contributed by atoms with Gasteiger partial charge in [0.25, 0.3) is 5.91 Å². The van der Waals surface area contributed by atoms with Gasteiger partial charge in [-0.3, -0.25) is 4.79 Å². The van der Waals surface area contributed by atoms with Crippen molar-refractivity contribution in [1.29, 1.82) is 0 Å². The van der Waals surface area contributed by atoms with Crippen LogP contribution in [0.4, 0.5) is 5.69 Å². The molecule has 9 heteroatoms. The number of hydrogen-bond donors (Lipinski definition) is 1. The van der Waals surface area contributed by atoms with Gasteiger partial charge in [-0.1, -0.05) is 6.92 Å². The molecule has 0 spiro atoms. The summed E-state index contributed by atoms with van der Waals surface area (Å²) in [7, 11) is 0. The Kier molecular flexibility index (Phi) is 4.18. The summed E-state index contributed by atoms with van der Waals surface area (Å²) in [6.45, 7) is 2.58. The summed E-state index contributed by atoms with van der Waals surface area (Å²) in [4.78, 5) is 23.3. The zero-order chi connectivity index (χ0) is 16.2. The molecule has 1 aromatic heterocycles. The first-order valence-electron chi connectivity index (χ1n) is 7.16. The maximum atomic E-state index is 12.1. The van der Waals surface area contributed by atoms with Crippen LogP contribution in [0, 0.1) is 0 Å². The van der Waals surface area contributed by atoms with E-state index in [0.717, 1.165) is 6.42 Å². The van der Waals surface area contributed by atoms with Gasteiger partial charge in [0.1, 0.15) is 5.75 Å². The molecule has 2 heterocycles. The molecule has 23 heavy (non-hydrogen) atoms. The van der Waals surface area contributed by atoms with Crippen LogP contribution in [0.25, 0.3) is 0 Å². The largest absolute Gasteiger partial charge is 0.482 e. The van der Waals surface area contributed by atoms with Crippen LogP contribution in [0.2, 0.25) is 0 Å². The number of tetrazole rings is 1. The first kappa shape index (κ1) is 14.9. The second-order valence-corrected chi connectivity index (χ2v) is 4.94. The quantitative estimate of drug-likeness (QED) is 0.811. The van der Waals surface area contributed by atoms with Crippen molar-refractivity contribution in [1.82, 2.24) is 20.2 Å². The van der Waals surface area contributed by atoms with Crippen LogP contribution in [0.15, 0.2) is 18.2 Å². The number of ether oxygens (including phenoxy) is 2. The molecule has 3 rings (SSSR count). The van der Waals surface area contributed by atoms with E-state index >= 15 is 0 Å². The Hall–Kier alpha value is -2.97. The number of benzene rings is 1. The van der Waals surface area contributed by atoms with E-state index in [-0.39, 0.29) is 19.1 Å². The molecule has 0 aliphatic carbocycles. The van der Waals surface area contributed by atoms with E-state index in [1.165, 1.54) is 6.07 Å².